The van der Waals surface area contributed by atoms with Crippen molar-refractivity contribution in [1.29, 1.82) is 0 Å². The Kier molecular flexibility index (Phi) is 8.49. The highest BCUT2D eigenvalue weighted by atomic mass is 16.5. The molecular formula is C31H37N7O3. The number of rotatable bonds is 9. The van der Waals surface area contributed by atoms with Gasteiger partial charge < -0.3 is 20.3 Å². The molecule has 2 aliphatic heterocycles. The van der Waals surface area contributed by atoms with E-state index < -0.39 is 0 Å². The number of urea groups is 1. The van der Waals surface area contributed by atoms with E-state index in [1.807, 2.05) is 35.2 Å². The van der Waals surface area contributed by atoms with E-state index >= 15 is 0 Å². The van der Waals surface area contributed by atoms with E-state index in [0.29, 0.717) is 29.7 Å². The van der Waals surface area contributed by atoms with Crippen LogP contribution >= 0.6 is 0 Å². The smallest absolute Gasteiger partial charge is 0.330 e. The molecule has 0 unspecified atom stereocenters. The minimum Gasteiger partial charge on any atom is -0.497 e. The topological polar surface area (TPSA) is 103 Å². The Bertz CT molecular complexity index is 1410. The number of para-hydroxylation sites is 2. The van der Waals surface area contributed by atoms with Gasteiger partial charge in [0.25, 0.3) is 0 Å². The molecule has 3 heterocycles. The van der Waals surface area contributed by atoms with Gasteiger partial charge in [-0.25, -0.2) is 9.78 Å². The average molecular weight is 556 g/mol. The molecule has 0 saturated carbocycles. The fraction of sp³-hybridized carbons (Fsp3) is 0.355. The molecule has 2 aliphatic rings. The van der Waals surface area contributed by atoms with Crippen molar-refractivity contribution in [2.75, 3.05) is 47.2 Å². The zero-order chi connectivity index (χ0) is 28.9. The molecule has 0 radical (unpaired) electrons. The highest BCUT2D eigenvalue weighted by Gasteiger charge is 2.39. The van der Waals surface area contributed by atoms with Gasteiger partial charge in [0.2, 0.25) is 11.9 Å². The molecule has 0 spiro atoms. The minimum absolute atomic E-state index is 0.00465. The molecule has 0 bridgehead atoms. The second-order valence-corrected chi connectivity index (χ2v) is 10.2. The second kappa shape index (κ2) is 12.4. The maximum Gasteiger partial charge on any atom is 0.330 e. The van der Waals surface area contributed by atoms with Gasteiger partial charge in [-0.3, -0.25) is 14.6 Å². The highest BCUT2D eigenvalue weighted by molar-refractivity contribution is 6.06. The molecule has 1 aromatic heterocycles. The number of aromatic nitrogens is 2. The van der Waals surface area contributed by atoms with Gasteiger partial charge >= 0.3 is 6.03 Å². The van der Waals surface area contributed by atoms with Crippen LogP contribution in [0.3, 0.4) is 0 Å². The fourth-order valence-corrected chi connectivity index (χ4v) is 5.39. The lowest BCUT2D eigenvalue weighted by atomic mass is 10.0. The van der Waals surface area contributed by atoms with Gasteiger partial charge in [0.05, 0.1) is 25.0 Å². The molecule has 3 amide bonds. The van der Waals surface area contributed by atoms with Crippen LogP contribution in [0.4, 0.5) is 33.6 Å². The number of ether oxygens (including phenoxy) is 1. The Balaban J connectivity index is 1.52. The average Bonchev–Trinajstić information content (AvgIpc) is 3.01. The molecule has 1 fully saturated rings. The second-order valence-electron chi connectivity index (χ2n) is 10.2. The van der Waals surface area contributed by atoms with Crippen molar-refractivity contribution in [2.45, 2.75) is 45.7 Å². The molecule has 10 nitrogen and oxygen atoms in total. The molecule has 0 atom stereocenters. The van der Waals surface area contributed by atoms with Gasteiger partial charge in [0, 0.05) is 42.6 Å². The number of benzene rings is 2. The number of aryl methyl sites for hydroxylation is 1. The quantitative estimate of drug-likeness (QED) is 0.343. The summed E-state index contributed by atoms with van der Waals surface area (Å²) in [4.78, 5) is 41.8. The third-order valence-electron chi connectivity index (χ3n) is 7.73. The van der Waals surface area contributed by atoms with Crippen molar-refractivity contribution in [3.63, 3.8) is 0 Å². The lowest BCUT2D eigenvalue weighted by Gasteiger charge is -2.43. The van der Waals surface area contributed by atoms with Crippen LogP contribution in [0.15, 0.2) is 61.3 Å². The molecule has 214 valence electrons. The highest BCUT2D eigenvalue weighted by Crippen LogP contribution is 2.36. The van der Waals surface area contributed by atoms with E-state index in [-0.39, 0.29) is 18.0 Å². The number of methoxy groups -OCH3 is 1. The van der Waals surface area contributed by atoms with Gasteiger partial charge in [-0.1, -0.05) is 32.6 Å². The summed E-state index contributed by atoms with van der Waals surface area (Å²) in [6.07, 6.45) is 5.54. The summed E-state index contributed by atoms with van der Waals surface area (Å²) in [5.74, 6) is 1.37. The lowest BCUT2D eigenvalue weighted by molar-refractivity contribution is -0.111. The Morgan fingerprint density at radius 2 is 1.90 bits per heavy atom. The summed E-state index contributed by atoms with van der Waals surface area (Å²) in [5.41, 5.74) is 3.97. The number of piperidine rings is 1. The molecule has 5 rings (SSSR count). The number of carbonyl (C=O) groups is 2. The minimum atomic E-state index is -0.315. The molecule has 2 aromatic carbocycles. The first-order valence-corrected chi connectivity index (χ1v) is 14.1. The Morgan fingerprint density at radius 1 is 1.15 bits per heavy atom. The predicted octanol–water partition coefficient (Wildman–Crippen LogP) is 5.35. The first kappa shape index (κ1) is 28.1. The van der Waals surface area contributed by atoms with Crippen molar-refractivity contribution in [1.82, 2.24) is 14.9 Å². The van der Waals surface area contributed by atoms with Gasteiger partial charge in [0.1, 0.15) is 11.6 Å². The SMILES string of the molecule is C=CC(=O)Nc1ccccc1Nc1ncc2c(n1)N(C1CCN(CC)CC1)C(=O)N(c1cc(CC)cc(OC)c1)C2. The largest absolute Gasteiger partial charge is 0.497 e. The van der Waals surface area contributed by atoms with E-state index in [1.54, 1.807) is 24.3 Å². The fourth-order valence-electron chi connectivity index (χ4n) is 5.39. The van der Waals surface area contributed by atoms with Crippen LogP contribution in [-0.4, -0.2) is 59.6 Å². The first-order chi connectivity index (χ1) is 19.9. The number of nitrogens with zero attached hydrogens (tertiary/aromatic N) is 5. The monoisotopic (exact) mass is 555 g/mol. The van der Waals surface area contributed by atoms with Crippen LogP contribution in [0.5, 0.6) is 5.75 Å². The summed E-state index contributed by atoms with van der Waals surface area (Å²) < 4.78 is 5.55. The molecule has 0 aliphatic carbocycles. The number of carbonyl (C=O) groups excluding carboxylic acids is 2. The van der Waals surface area contributed by atoms with Gasteiger partial charge in [0.15, 0.2) is 0 Å². The van der Waals surface area contributed by atoms with E-state index in [1.165, 1.54) is 6.08 Å². The number of nitrogens with one attached hydrogen (secondary N) is 2. The molecule has 10 heteroatoms. The van der Waals surface area contributed by atoms with Gasteiger partial charge in [-0.15, -0.1) is 0 Å². The van der Waals surface area contributed by atoms with Crippen molar-refractivity contribution >= 4 is 40.8 Å². The van der Waals surface area contributed by atoms with Crippen molar-refractivity contribution in [3.05, 3.63) is 72.4 Å². The van der Waals surface area contributed by atoms with E-state index in [4.69, 9.17) is 9.72 Å². The molecule has 2 N–H and O–H groups in total. The zero-order valence-electron chi connectivity index (χ0n) is 23.9. The van der Waals surface area contributed by atoms with Crippen LogP contribution < -0.4 is 25.2 Å². The van der Waals surface area contributed by atoms with E-state index in [0.717, 1.165) is 61.5 Å². The number of fused-ring (bicyclic) bond motifs is 1. The normalized spacial score (nSPS) is 15.8. The summed E-state index contributed by atoms with van der Waals surface area (Å²) in [6, 6.07) is 13.2. The molecular weight excluding hydrogens is 518 g/mol. The first-order valence-electron chi connectivity index (χ1n) is 14.1. The predicted molar refractivity (Wildman–Crippen MR) is 162 cm³/mol. The number of amides is 3. The number of hydrogen-bond acceptors (Lipinski definition) is 7. The molecule has 41 heavy (non-hydrogen) atoms. The lowest BCUT2D eigenvalue weighted by Crippen LogP contribution is -2.55. The summed E-state index contributed by atoms with van der Waals surface area (Å²) in [7, 11) is 1.64. The van der Waals surface area contributed by atoms with Crippen molar-refractivity contribution < 1.29 is 14.3 Å². The van der Waals surface area contributed by atoms with Crippen molar-refractivity contribution in [2.24, 2.45) is 0 Å². The zero-order valence-corrected chi connectivity index (χ0v) is 23.9. The number of hydrogen-bond donors (Lipinski definition) is 2. The van der Waals surface area contributed by atoms with Crippen LogP contribution in [0, 0.1) is 0 Å². The van der Waals surface area contributed by atoms with Crippen LogP contribution in [0.1, 0.15) is 37.8 Å². The third-order valence-corrected chi connectivity index (χ3v) is 7.73. The third kappa shape index (κ3) is 6.02. The summed E-state index contributed by atoms with van der Waals surface area (Å²) in [5, 5.41) is 6.03. The van der Waals surface area contributed by atoms with Crippen LogP contribution in [0.2, 0.25) is 0 Å². The molecule has 3 aromatic rings. The van der Waals surface area contributed by atoms with Crippen LogP contribution in [-0.2, 0) is 17.8 Å². The summed E-state index contributed by atoms with van der Waals surface area (Å²) >= 11 is 0. The van der Waals surface area contributed by atoms with E-state index in [2.05, 4.69) is 47.0 Å². The number of anilines is 5. The van der Waals surface area contributed by atoms with Gasteiger partial charge in [-0.2, -0.15) is 4.98 Å². The summed E-state index contributed by atoms with van der Waals surface area (Å²) in [6.45, 7) is 11.0. The number of likely N-dealkylation sites (tertiary alicyclic amines) is 1. The standard InChI is InChI=1S/C31H37N7O3/c1-5-21-16-24(18-25(17-21)41-4)37-20-22-19-32-30(34-27-11-9-8-10-26(27)33-28(39)6-2)35-29(22)38(31(37)40)23-12-14-36(7-3)15-13-23/h6,8-11,16-19,23H,2,5,7,12-15,20H2,1,3-4H3,(H,33,39)(H,32,34,35). The van der Waals surface area contributed by atoms with Crippen molar-refractivity contribution in [3.8, 4) is 5.75 Å². The Morgan fingerprint density at radius 3 is 2.59 bits per heavy atom. The Hall–Kier alpha value is -4.44. The van der Waals surface area contributed by atoms with Gasteiger partial charge in [-0.05, 0) is 61.7 Å². The van der Waals surface area contributed by atoms with Crippen LogP contribution in [0.25, 0.3) is 0 Å². The maximum absolute atomic E-state index is 14.3. The Labute approximate surface area is 241 Å². The molecule has 1 saturated heterocycles. The maximum atomic E-state index is 14.3. The van der Waals surface area contributed by atoms with E-state index in [9.17, 15) is 9.59 Å².